The molecular formula is C13H15ClN2O. The van der Waals surface area contributed by atoms with Crippen LogP contribution in [0.25, 0.3) is 11.1 Å². The molecule has 0 saturated heterocycles. The van der Waals surface area contributed by atoms with Crippen molar-refractivity contribution in [2.24, 2.45) is 5.84 Å². The first-order chi connectivity index (χ1) is 7.83. The van der Waals surface area contributed by atoms with Crippen LogP contribution in [0.2, 0.25) is 0 Å². The summed E-state index contributed by atoms with van der Waals surface area (Å²) in [5, 5.41) is 0. The molecule has 0 atom stereocenters. The molecule has 4 heteroatoms. The summed E-state index contributed by atoms with van der Waals surface area (Å²) in [4.78, 5) is 0. The predicted molar refractivity (Wildman–Crippen MR) is 73.5 cm³/mol. The van der Waals surface area contributed by atoms with Crippen molar-refractivity contribution in [3.05, 3.63) is 48.5 Å². The van der Waals surface area contributed by atoms with Gasteiger partial charge in [-0.15, -0.1) is 12.4 Å². The molecule has 0 fully saturated rings. The van der Waals surface area contributed by atoms with E-state index in [-0.39, 0.29) is 12.4 Å². The standard InChI is InChI=1S/C13H14N2O.ClH/c1-16-13-7-5-10(6-8-13)11-3-2-4-12(9-11)15-14;/h2-9,15H,14H2,1H3;1H. The van der Waals surface area contributed by atoms with Crippen molar-refractivity contribution < 1.29 is 4.74 Å². The lowest BCUT2D eigenvalue weighted by atomic mass is 10.1. The van der Waals surface area contributed by atoms with Crippen molar-refractivity contribution in [2.45, 2.75) is 0 Å². The molecule has 3 nitrogen and oxygen atoms in total. The fourth-order valence-corrected chi connectivity index (χ4v) is 1.57. The number of hydrogen-bond acceptors (Lipinski definition) is 3. The maximum absolute atomic E-state index is 5.37. The fraction of sp³-hybridized carbons (Fsp3) is 0.0769. The highest BCUT2D eigenvalue weighted by Gasteiger charge is 1.99. The second-order valence-corrected chi connectivity index (χ2v) is 3.45. The van der Waals surface area contributed by atoms with Gasteiger partial charge in [-0.2, -0.15) is 0 Å². The summed E-state index contributed by atoms with van der Waals surface area (Å²) < 4.78 is 5.12. The Labute approximate surface area is 107 Å². The zero-order valence-corrected chi connectivity index (χ0v) is 10.3. The highest BCUT2D eigenvalue weighted by Crippen LogP contribution is 2.24. The Hall–Kier alpha value is -1.71. The smallest absolute Gasteiger partial charge is 0.118 e. The number of hydrazine groups is 1. The topological polar surface area (TPSA) is 47.3 Å². The Morgan fingerprint density at radius 1 is 1.00 bits per heavy atom. The van der Waals surface area contributed by atoms with Crippen molar-refractivity contribution in [3.8, 4) is 16.9 Å². The van der Waals surface area contributed by atoms with Gasteiger partial charge in [0.1, 0.15) is 5.75 Å². The largest absolute Gasteiger partial charge is 0.497 e. The first-order valence-corrected chi connectivity index (χ1v) is 5.04. The minimum absolute atomic E-state index is 0. The number of anilines is 1. The molecule has 0 aliphatic heterocycles. The van der Waals surface area contributed by atoms with E-state index >= 15 is 0 Å². The molecule has 0 unspecified atom stereocenters. The highest BCUT2D eigenvalue weighted by atomic mass is 35.5. The molecule has 0 heterocycles. The maximum Gasteiger partial charge on any atom is 0.118 e. The van der Waals surface area contributed by atoms with Crippen LogP contribution < -0.4 is 16.0 Å². The highest BCUT2D eigenvalue weighted by molar-refractivity contribution is 5.85. The van der Waals surface area contributed by atoms with Gasteiger partial charge in [-0.25, -0.2) is 0 Å². The third-order valence-electron chi connectivity index (χ3n) is 2.45. The van der Waals surface area contributed by atoms with Gasteiger partial charge >= 0.3 is 0 Å². The molecule has 2 aromatic carbocycles. The second kappa shape index (κ2) is 6.13. The summed E-state index contributed by atoms with van der Waals surface area (Å²) in [5.74, 6) is 6.23. The Balaban J connectivity index is 0.00000144. The molecule has 0 aliphatic rings. The third kappa shape index (κ3) is 3.12. The van der Waals surface area contributed by atoms with Crippen molar-refractivity contribution in [1.82, 2.24) is 0 Å². The lowest BCUT2D eigenvalue weighted by Crippen LogP contribution is -2.06. The van der Waals surface area contributed by atoms with Crippen LogP contribution in [0.1, 0.15) is 0 Å². The molecule has 0 saturated carbocycles. The van der Waals surface area contributed by atoms with Gasteiger partial charge in [0.2, 0.25) is 0 Å². The molecule has 2 rings (SSSR count). The number of rotatable bonds is 3. The van der Waals surface area contributed by atoms with E-state index in [9.17, 15) is 0 Å². The molecule has 0 amide bonds. The number of hydrogen-bond donors (Lipinski definition) is 2. The van der Waals surface area contributed by atoms with E-state index in [1.54, 1.807) is 7.11 Å². The average Bonchev–Trinajstić information content (AvgIpc) is 2.39. The van der Waals surface area contributed by atoms with E-state index < -0.39 is 0 Å². The molecule has 0 bridgehead atoms. The third-order valence-corrected chi connectivity index (χ3v) is 2.45. The van der Waals surface area contributed by atoms with Crippen molar-refractivity contribution in [3.63, 3.8) is 0 Å². The number of ether oxygens (including phenoxy) is 1. The Kier molecular flexibility index (Phi) is 4.82. The van der Waals surface area contributed by atoms with Gasteiger partial charge in [0.05, 0.1) is 7.11 Å². The molecule has 0 radical (unpaired) electrons. The van der Waals surface area contributed by atoms with E-state index in [0.29, 0.717) is 0 Å². The first kappa shape index (κ1) is 13.4. The van der Waals surface area contributed by atoms with Crippen LogP contribution in [0.5, 0.6) is 5.75 Å². The number of nitrogens with two attached hydrogens (primary N) is 1. The first-order valence-electron chi connectivity index (χ1n) is 5.04. The van der Waals surface area contributed by atoms with Crippen LogP contribution in [0.4, 0.5) is 5.69 Å². The zero-order chi connectivity index (χ0) is 11.4. The van der Waals surface area contributed by atoms with Gasteiger partial charge in [-0.1, -0.05) is 24.3 Å². The zero-order valence-electron chi connectivity index (χ0n) is 9.51. The fourth-order valence-electron chi connectivity index (χ4n) is 1.57. The molecule has 0 aliphatic carbocycles. The Bertz CT molecular complexity index is 471. The van der Waals surface area contributed by atoms with Gasteiger partial charge in [0, 0.05) is 5.69 Å². The quantitative estimate of drug-likeness (QED) is 0.650. The van der Waals surface area contributed by atoms with Crippen LogP contribution in [0.15, 0.2) is 48.5 Å². The Morgan fingerprint density at radius 3 is 2.29 bits per heavy atom. The monoisotopic (exact) mass is 250 g/mol. The molecule has 0 aromatic heterocycles. The van der Waals surface area contributed by atoms with Gasteiger partial charge in [0.25, 0.3) is 0 Å². The molecular weight excluding hydrogens is 236 g/mol. The van der Waals surface area contributed by atoms with E-state index in [2.05, 4.69) is 5.43 Å². The van der Waals surface area contributed by atoms with Crippen molar-refractivity contribution >= 4 is 18.1 Å². The van der Waals surface area contributed by atoms with Crippen LogP contribution in [0, 0.1) is 0 Å². The van der Waals surface area contributed by atoms with Crippen LogP contribution in [-0.4, -0.2) is 7.11 Å². The Morgan fingerprint density at radius 2 is 1.71 bits per heavy atom. The minimum Gasteiger partial charge on any atom is -0.497 e. The molecule has 3 N–H and O–H groups in total. The number of nitrogen functional groups attached to an aromatic ring is 1. The van der Waals surface area contributed by atoms with E-state index in [1.165, 1.54) is 0 Å². The van der Waals surface area contributed by atoms with Gasteiger partial charge in [-0.3, -0.25) is 5.84 Å². The van der Waals surface area contributed by atoms with Crippen LogP contribution >= 0.6 is 12.4 Å². The van der Waals surface area contributed by atoms with E-state index in [1.807, 2.05) is 48.5 Å². The van der Waals surface area contributed by atoms with Gasteiger partial charge in [-0.05, 0) is 35.4 Å². The molecule has 2 aromatic rings. The summed E-state index contributed by atoms with van der Waals surface area (Å²) in [5.41, 5.74) is 5.79. The lowest BCUT2D eigenvalue weighted by Gasteiger charge is -2.06. The number of halogens is 1. The maximum atomic E-state index is 5.37. The predicted octanol–water partition coefficient (Wildman–Crippen LogP) is 3.07. The number of methoxy groups -OCH3 is 1. The van der Waals surface area contributed by atoms with E-state index in [0.717, 1.165) is 22.6 Å². The number of nitrogens with one attached hydrogen (secondary N) is 1. The second-order valence-electron chi connectivity index (χ2n) is 3.45. The average molecular weight is 251 g/mol. The van der Waals surface area contributed by atoms with Gasteiger partial charge in [0.15, 0.2) is 0 Å². The van der Waals surface area contributed by atoms with E-state index in [4.69, 9.17) is 10.6 Å². The SMILES string of the molecule is COc1ccc(-c2cccc(NN)c2)cc1.Cl. The molecule has 0 spiro atoms. The molecule has 17 heavy (non-hydrogen) atoms. The summed E-state index contributed by atoms with van der Waals surface area (Å²) in [6.45, 7) is 0. The van der Waals surface area contributed by atoms with Crippen molar-refractivity contribution in [1.29, 1.82) is 0 Å². The molecule has 90 valence electrons. The lowest BCUT2D eigenvalue weighted by molar-refractivity contribution is 0.415. The summed E-state index contributed by atoms with van der Waals surface area (Å²) in [6, 6.07) is 15.9. The number of benzene rings is 2. The minimum atomic E-state index is 0. The van der Waals surface area contributed by atoms with Crippen LogP contribution in [0.3, 0.4) is 0 Å². The summed E-state index contributed by atoms with van der Waals surface area (Å²) in [6.07, 6.45) is 0. The summed E-state index contributed by atoms with van der Waals surface area (Å²) >= 11 is 0. The van der Waals surface area contributed by atoms with Crippen LogP contribution in [-0.2, 0) is 0 Å². The summed E-state index contributed by atoms with van der Waals surface area (Å²) in [7, 11) is 1.66. The normalized spacial score (nSPS) is 9.29. The van der Waals surface area contributed by atoms with Gasteiger partial charge < -0.3 is 10.2 Å². The van der Waals surface area contributed by atoms with Crippen molar-refractivity contribution in [2.75, 3.05) is 12.5 Å².